The molecule has 4 heteroatoms. The molecule has 0 aromatic heterocycles. The van der Waals surface area contributed by atoms with Crippen LogP contribution in [-0.4, -0.2) is 60.6 Å². The van der Waals surface area contributed by atoms with Crippen molar-refractivity contribution in [2.24, 2.45) is 34.5 Å². The Kier molecular flexibility index (Phi) is 4.17. The van der Waals surface area contributed by atoms with Gasteiger partial charge in [0.15, 0.2) is 0 Å². The summed E-state index contributed by atoms with van der Waals surface area (Å²) in [5.74, 6) is 1.53. The van der Waals surface area contributed by atoms with E-state index in [0.717, 1.165) is 44.6 Å². The summed E-state index contributed by atoms with van der Waals surface area (Å²) in [5, 5.41) is 10.1. The zero-order chi connectivity index (χ0) is 17.9. The summed E-state index contributed by atoms with van der Waals surface area (Å²) >= 11 is 0. The number of rotatable bonds is 4. The Bertz CT molecular complexity index is 560. The molecular formula is C22H36N2O2. The van der Waals surface area contributed by atoms with Crippen molar-refractivity contribution in [2.75, 3.05) is 39.8 Å². The molecule has 2 spiro atoms. The maximum Gasteiger partial charge on any atom is 0.308 e. The highest BCUT2D eigenvalue weighted by atomic mass is 16.4. The molecule has 4 nitrogen and oxygen atoms in total. The molecule has 1 N–H and O–H groups in total. The summed E-state index contributed by atoms with van der Waals surface area (Å²) in [5.41, 5.74) is 1.29. The molecule has 5 rings (SSSR count). The van der Waals surface area contributed by atoms with Gasteiger partial charge in [0.05, 0.1) is 5.92 Å². The van der Waals surface area contributed by atoms with Crippen molar-refractivity contribution in [3.63, 3.8) is 0 Å². The Morgan fingerprint density at radius 1 is 0.962 bits per heavy atom. The molecule has 0 amide bonds. The van der Waals surface area contributed by atoms with E-state index in [9.17, 15) is 9.90 Å². The fourth-order valence-electron chi connectivity index (χ4n) is 7.17. The van der Waals surface area contributed by atoms with Gasteiger partial charge in [-0.2, -0.15) is 0 Å². The third-order valence-corrected chi connectivity index (χ3v) is 9.30. The lowest BCUT2D eigenvalue weighted by atomic mass is 9.74. The number of fused-ring (bicyclic) bond motifs is 3. The first-order valence-electron chi connectivity index (χ1n) is 11.2. The molecule has 0 bridgehead atoms. The molecule has 26 heavy (non-hydrogen) atoms. The van der Waals surface area contributed by atoms with E-state index < -0.39 is 5.97 Å². The molecule has 0 aromatic carbocycles. The number of hydrogen-bond acceptors (Lipinski definition) is 3. The van der Waals surface area contributed by atoms with Gasteiger partial charge in [-0.05, 0) is 93.4 Å². The van der Waals surface area contributed by atoms with Crippen LogP contribution in [-0.2, 0) is 4.79 Å². The summed E-state index contributed by atoms with van der Waals surface area (Å²) < 4.78 is 0. The molecule has 1 saturated heterocycles. The zero-order valence-electron chi connectivity index (χ0n) is 16.5. The van der Waals surface area contributed by atoms with Gasteiger partial charge < -0.3 is 10.0 Å². The molecule has 0 aromatic rings. The molecule has 4 aliphatic carbocycles. The van der Waals surface area contributed by atoms with Crippen LogP contribution in [0.1, 0.15) is 57.8 Å². The Morgan fingerprint density at radius 2 is 1.58 bits per heavy atom. The van der Waals surface area contributed by atoms with E-state index in [1.807, 2.05) is 0 Å². The van der Waals surface area contributed by atoms with E-state index in [1.165, 1.54) is 57.8 Å². The number of likely N-dealkylation sites (N-methyl/N-ethyl adjacent to an activating group) is 1. The van der Waals surface area contributed by atoms with E-state index in [-0.39, 0.29) is 5.92 Å². The highest BCUT2D eigenvalue weighted by molar-refractivity contribution is 5.70. The lowest BCUT2D eigenvalue weighted by molar-refractivity contribution is -0.145. The summed E-state index contributed by atoms with van der Waals surface area (Å²) in [6.07, 6.45) is 12.4. The maximum absolute atomic E-state index is 12.3. The lowest BCUT2D eigenvalue weighted by Crippen LogP contribution is -2.48. The van der Waals surface area contributed by atoms with E-state index in [0.29, 0.717) is 16.7 Å². The van der Waals surface area contributed by atoms with Gasteiger partial charge >= 0.3 is 5.97 Å². The Morgan fingerprint density at radius 3 is 2.19 bits per heavy atom. The Hall–Kier alpha value is -0.610. The molecule has 1 aliphatic heterocycles. The highest BCUT2D eigenvalue weighted by Gasteiger charge is 2.64. The van der Waals surface area contributed by atoms with E-state index in [4.69, 9.17) is 0 Å². The van der Waals surface area contributed by atoms with Crippen LogP contribution in [0.15, 0.2) is 0 Å². The number of carboxylic acid groups (broad SMARTS) is 1. The minimum absolute atomic E-state index is 0.149. The van der Waals surface area contributed by atoms with Gasteiger partial charge in [0.1, 0.15) is 0 Å². The lowest BCUT2D eigenvalue weighted by Gasteiger charge is -2.36. The average Bonchev–Trinajstić information content (AvgIpc) is 3.52. The van der Waals surface area contributed by atoms with Crippen molar-refractivity contribution >= 4 is 5.97 Å². The smallest absolute Gasteiger partial charge is 0.308 e. The third-order valence-electron chi connectivity index (χ3n) is 9.30. The van der Waals surface area contributed by atoms with Crippen LogP contribution in [0.3, 0.4) is 0 Å². The van der Waals surface area contributed by atoms with E-state index in [1.54, 1.807) is 0 Å². The number of carboxylic acids is 1. The minimum Gasteiger partial charge on any atom is -0.481 e. The number of piperazine rings is 1. The molecule has 5 fully saturated rings. The van der Waals surface area contributed by atoms with Crippen LogP contribution in [0, 0.1) is 34.5 Å². The highest BCUT2D eigenvalue weighted by Crippen LogP contribution is 2.74. The number of carbonyl (C=O) groups is 1. The topological polar surface area (TPSA) is 43.8 Å². The molecule has 5 aliphatic rings. The third kappa shape index (κ3) is 2.92. The monoisotopic (exact) mass is 360 g/mol. The summed E-state index contributed by atoms with van der Waals surface area (Å²) in [6, 6.07) is 0. The normalized spacial score (nSPS) is 39.5. The van der Waals surface area contributed by atoms with Crippen LogP contribution in [0.5, 0.6) is 0 Å². The van der Waals surface area contributed by atoms with Crippen molar-refractivity contribution in [1.29, 1.82) is 0 Å². The second-order valence-corrected chi connectivity index (χ2v) is 10.6. The van der Waals surface area contributed by atoms with Gasteiger partial charge in [-0.25, -0.2) is 0 Å². The van der Waals surface area contributed by atoms with Crippen molar-refractivity contribution in [1.82, 2.24) is 9.80 Å². The molecule has 4 saturated carbocycles. The van der Waals surface area contributed by atoms with Crippen LogP contribution < -0.4 is 0 Å². The second-order valence-electron chi connectivity index (χ2n) is 10.6. The van der Waals surface area contributed by atoms with Crippen molar-refractivity contribution in [2.45, 2.75) is 57.8 Å². The molecule has 1 heterocycles. The first kappa shape index (κ1) is 17.5. The van der Waals surface area contributed by atoms with Crippen molar-refractivity contribution < 1.29 is 9.90 Å². The Balaban J connectivity index is 1.33. The number of aliphatic carboxylic acids is 1. The zero-order valence-corrected chi connectivity index (χ0v) is 16.5. The summed E-state index contributed by atoms with van der Waals surface area (Å²) in [6.45, 7) is 5.01. The van der Waals surface area contributed by atoms with Crippen LogP contribution in [0.2, 0.25) is 0 Å². The predicted octanol–water partition coefficient (Wildman–Crippen LogP) is 3.32. The second kappa shape index (κ2) is 6.20. The fraction of sp³-hybridized carbons (Fsp3) is 0.955. The van der Waals surface area contributed by atoms with E-state index in [2.05, 4.69) is 16.8 Å². The summed E-state index contributed by atoms with van der Waals surface area (Å²) in [7, 11) is 2.17. The minimum atomic E-state index is -0.528. The molecular weight excluding hydrogens is 324 g/mol. The van der Waals surface area contributed by atoms with Gasteiger partial charge in [-0.1, -0.05) is 0 Å². The molecule has 3 unspecified atom stereocenters. The maximum atomic E-state index is 12.3. The fourth-order valence-corrected chi connectivity index (χ4v) is 7.17. The first-order valence-corrected chi connectivity index (χ1v) is 11.2. The van der Waals surface area contributed by atoms with Crippen LogP contribution in [0.25, 0.3) is 0 Å². The number of hydrogen-bond donors (Lipinski definition) is 1. The van der Waals surface area contributed by atoms with Gasteiger partial charge in [-0.15, -0.1) is 0 Å². The SMILES string of the molecule is CN1CCN(C[C@H](C(=O)O)C2CCC3(CC3)C3CCC4(CC4)C3C2)CC1. The van der Waals surface area contributed by atoms with E-state index >= 15 is 0 Å². The van der Waals surface area contributed by atoms with Gasteiger partial charge in [-0.3, -0.25) is 9.69 Å². The summed E-state index contributed by atoms with van der Waals surface area (Å²) in [4.78, 5) is 17.0. The first-order chi connectivity index (χ1) is 12.5. The van der Waals surface area contributed by atoms with Crippen molar-refractivity contribution in [3.8, 4) is 0 Å². The molecule has 0 radical (unpaired) electrons. The predicted molar refractivity (Wildman–Crippen MR) is 102 cm³/mol. The standard InChI is InChI=1S/C22H36N2O2/c1-23-10-12-24(13-11-23)15-17(20(25)26)16-2-4-21(6-7-21)18-3-5-22(8-9-22)19(18)14-16/h16-19H,2-15H2,1H3,(H,25,26)/t16?,17-,18?,19?/m0/s1. The quantitative estimate of drug-likeness (QED) is 0.835. The largest absolute Gasteiger partial charge is 0.481 e. The Labute approximate surface area is 158 Å². The number of nitrogens with zero attached hydrogens (tertiary/aromatic N) is 2. The van der Waals surface area contributed by atoms with Gasteiger partial charge in [0.2, 0.25) is 0 Å². The van der Waals surface area contributed by atoms with Gasteiger partial charge in [0, 0.05) is 32.7 Å². The van der Waals surface area contributed by atoms with Crippen LogP contribution in [0.4, 0.5) is 0 Å². The van der Waals surface area contributed by atoms with Gasteiger partial charge in [0.25, 0.3) is 0 Å². The average molecular weight is 361 g/mol. The molecule has 146 valence electrons. The van der Waals surface area contributed by atoms with Crippen LogP contribution >= 0.6 is 0 Å². The van der Waals surface area contributed by atoms with Crippen molar-refractivity contribution in [3.05, 3.63) is 0 Å². The molecule has 4 atom stereocenters.